The predicted molar refractivity (Wildman–Crippen MR) is 76.8 cm³/mol. The van der Waals surface area contributed by atoms with E-state index < -0.39 is 0 Å². The molecule has 3 nitrogen and oxygen atoms in total. The van der Waals surface area contributed by atoms with Gasteiger partial charge in [-0.1, -0.05) is 51.5 Å². The Kier molecular flexibility index (Phi) is 7.85. The third-order valence-corrected chi connectivity index (χ3v) is 3.09. The summed E-state index contributed by atoms with van der Waals surface area (Å²) in [4.78, 5) is 4.16. The van der Waals surface area contributed by atoms with Crippen LogP contribution in [0.3, 0.4) is 0 Å². The maximum absolute atomic E-state index is 10.8. The van der Waals surface area contributed by atoms with Crippen molar-refractivity contribution in [3.05, 3.63) is 35.3 Å². The summed E-state index contributed by atoms with van der Waals surface area (Å²) in [5.41, 5.74) is 1.31. The van der Waals surface area contributed by atoms with Gasteiger partial charge in [0.25, 0.3) is 0 Å². The Hall–Kier alpha value is -1.38. The van der Waals surface area contributed by atoms with E-state index in [1.54, 1.807) is 6.20 Å². The van der Waals surface area contributed by atoms with Gasteiger partial charge in [0.05, 0.1) is 11.4 Å². The standard InChI is InChI=1S/C15H24N2O/c1-2-3-4-5-6-7-8-12-15(17-18)14-11-9-10-13-16-14/h9-11,13,18H,2-8,12H2,1H3/p-1/b17-15+. The van der Waals surface area contributed by atoms with Crippen molar-refractivity contribution in [2.45, 2.75) is 58.3 Å². The van der Waals surface area contributed by atoms with Gasteiger partial charge in [0.1, 0.15) is 0 Å². The SMILES string of the molecule is CCCCCCCCC/C(=N\[O-])c1ccccn1. The molecule has 0 saturated heterocycles. The average molecular weight is 247 g/mol. The summed E-state index contributed by atoms with van der Waals surface area (Å²) in [6.07, 6.45) is 11.2. The third kappa shape index (κ3) is 5.80. The normalized spacial score (nSPS) is 11.7. The van der Waals surface area contributed by atoms with E-state index in [1.807, 2.05) is 18.2 Å². The lowest BCUT2D eigenvalue weighted by atomic mass is 10.1. The van der Waals surface area contributed by atoms with Gasteiger partial charge in [-0.15, -0.1) is 0 Å². The minimum atomic E-state index is 0.587. The molecule has 18 heavy (non-hydrogen) atoms. The van der Waals surface area contributed by atoms with Crippen molar-refractivity contribution in [2.75, 3.05) is 0 Å². The maximum atomic E-state index is 10.8. The zero-order chi connectivity index (χ0) is 13.1. The maximum Gasteiger partial charge on any atom is 0.0836 e. The Balaban J connectivity index is 2.18. The molecule has 0 aliphatic rings. The summed E-state index contributed by atoms with van der Waals surface area (Å²) in [5, 5.41) is 13.9. The van der Waals surface area contributed by atoms with Gasteiger partial charge in [-0.25, -0.2) is 0 Å². The second-order valence-corrected chi connectivity index (χ2v) is 4.62. The highest BCUT2D eigenvalue weighted by atomic mass is 16.4. The molecule has 0 unspecified atom stereocenters. The zero-order valence-corrected chi connectivity index (χ0v) is 11.3. The Morgan fingerprint density at radius 1 is 1.11 bits per heavy atom. The minimum Gasteiger partial charge on any atom is -0.792 e. The number of hydrogen-bond donors (Lipinski definition) is 0. The third-order valence-electron chi connectivity index (χ3n) is 3.09. The van der Waals surface area contributed by atoms with Gasteiger partial charge in [0, 0.05) is 6.20 Å². The molecule has 0 aromatic carbocycles. The molecule has 0 aliphatic carbocycles. The van der Waals surface area contributed by atoms with Gasteiger partial charge in [0.2, 0.25) is 0 Å². The smallest absolute Gasteiger partial charge is 0.0836 e. The van der Waals surface area contributed by atoms with Gasteiger partial charge < -0.3 is 10.4 Å². The molecular weight excluding hydrogens is 224 g/mol. The molecule has 1 aromatic heterocycles. The Morgan fingerprint density at radius 2 is 1.83 bits per heavy atom. The summed E-state index contributed by atoms with van der Waals surface area (Å²) in [6, 6.07) is 5.58. The second kappa shape index (κ2) is 9.63. The average Bonchev–Trinajstić information content (AvgIpc) is 2.43. The molecule has 0 amide bonds. The topological polar surface area (TPSA) is 48.3 Å². The van der Waals surface area contributed by atoms with Crippen LogP contribution in [0.5, 0.6) is 0 Å². The monoisotopic (exact) mass is 247 g/mol. The Labute approximate surface area is 110 Å². The van der Waals surface area contributed by atoms with Crippen LogP contribution in [0.1, 0.15) is 64.0 Å². The van der Waals surface area contributed by atoms with Crippen LogP contribution < -0.4 is 0 Å². The van der Waals surface area contributed by atoms with Gasteiger partial charge >= 0.3 is 0 Å². The molecule has 1 heterocycles. The van der Waals surface area contributed by atoms with Crippen LogP contribution in [0.2, 0.25) is 0 Å². The van der Waals surface area contributed by atoms with Crippen LogP contribution in [0.15, 0.2) is 29.6 Å². The van der Waals surface area contributed by atoms with Gasteiger partial charge in [0.15, 0.2) is 0 Å². The summed E-state index contributed by atoms with van der Waals surface area (Å²) in [5.74, 6) is 0. The van der Waals surface area contributed by atoms with Crippen molar-refractivity contribution in [3.8, 4) is 0 Å². The van der Waals surface area contributed by atoms with Crippen molar-refractivity contribution in [3.63, 3.8) is 0 Å². The largest absolute Gasteiger partial charge is 0.792 e. The minimum absolute atomic E-state index is 0.587. The summed E-state index contributed by atoms with van der Waals surface area (Å²) >= 11 is 0. The van der Waals surface area contributed by atoms with Crippen LogP contribution in [-0.2, 0) is 0 Å². The fourth-order valence-corrected chi connectivity index (χ4v) is 2.00. The molecule has 1 rings (SSSR count). The first-order valence-electron chi connectivity index (χ1n) is 6.99. The molecule has 0 N–H and O–H groups in total. The second-order valence-electron chi connectivity index (χ2n) is 4.62. The lowest BCUT2D eigenvalue weighted by Gasteiger charge is -2.07. The molecule has 0 aliphatic heterocycles. The fraction of sp³-hybridized carbons (Fsp3) is 0.600. The van der Waals surface area contributed by atoms with Crippen LogP contribution in [0.25, 0.3) is 0 Å². The Bertz CT molecular complexity index is 336. The highest BCUT2D eigenvalue weighted by molar-refractivity contribution is 5.98. The number of aromatic nitrogens is 1. The number of unbranched alkanes of at least 4 members (excludes halogenated alkanes) is 6. The molecule has 0 saturated carbocycles. The molecule has 100 valence electrons. The Morgan fingerprint density at radius 3 is 2.44 bits per heavy atom. The summed E-state index contributed by atoms with van der Waals surface area (Å²) < 4.78 is 0. The molecule has 0 bridgehead atoms. The van der Waals surface area contributed by atoms with E-state index in [-0.39, 0.29) is 0 Å². The fourth-order valence-electron chi connectivity index (χ4n) is 2.00. The van der Waals surface area contributed by atoms with Crippen molar-refractivity contribution in [2.24, 2.45) is 5.16 Å². The summed E-state index contributed by atoms with van der Waals surface area (Å²) in [6.45, 7) is 2.23. The molecule has 3 heteroatoms. The van der Waals surface area contributed by atoms with Crippen molar-refractivity contribution < 1.29 is 0 Å². The molecule has 0 fully saturated rings. The van der Waals surface area contributed by atoms with E-state index in [2.05, 4.69) is 17.1 Å². The van der Waals surface area contributed by atoms with Gasteiger partial charge in [-0.2, -0.15) is 0 Å². The predicted octanol–water partition coefficient (Wildman–Crippen LogP) is 4.51. The zero-order valence-electron chi connectivity index (χ0n) is 11.3. The quantitative estimate of drug-likeness (QED) is 0.366. The van der Waals surface area contributed by atoms with E-state index in [1.165, 1.54) is 38.5 Å². The van der Waals surface area contributed by atoms with Crippen molar-refractivity contribution in [1.82, 2.24) is 4.98 Å². The highest BCUT2D eigenvalue weighted by Crippen LogP contribution is 2.11. The van der Waals surface area contributed by atoms with Gasteiger partial charge in [-0.3, -0.25) is 4.98 Å². The summed E-state index contributed by atoms with van der Waals surface area (Å²) in [7, 11) is 0. The highest BCUT2D eigenvalue weighted by Gasteiger charge is 2.02. The number of pyridine rings is 1. The molecular formula is C15H23N2O-. The molecule has 0 radical (unpaired) electrons. The molecule has 0 atom stereocenters. The van der Waals surface area contributed by atoms with Crippen LogP contribution in [-0.4, -0.2) is 10.7 Å². The lowest BCUT2D eigenvalue weighted by molar-refractivity contribution is 0.595. The van der Waals surface area contributed by atoms with Gasteiger partial charge in [-0.05, 0) is 25.0 Å². The first kappa shape index (κ1) is 14.7. The first-order chi connectivity index (χ1) is 8.88. The molecule has 0 spiro atoms. The van der Waals surface area contributed by atoms with Crippen LogP contribution in [0, 0.1) is 5.21 Å². The van der Waals surface area contributed by atoms with Crippen LogP contribution >= 0.6 is 0 Å². The number of rotatable bonds is 9. The van der Waals surface area contributed by atoms with E-state index in [4.69, 9.17) is 0 Å². The van der Waals surface area contributed by atoms with E-state index in [0.29, 0.717) is 5.71 Å². The van der Waals surface area contributed by atoms with Crippen molar-refractivity contribution >= 4 is 5.71 Å². The number of nitrogens with zero attached hydrogens (tertiary/aromatic N) is 2. The molecule has 1 aromatic rings. The van der Waals surface area contributed by atoms with Crippen molar-refractivity contribution in [1.29, 1.82) is 0 Å². The lowest BCUT2D eigenvalue weighted by Crippen LogP contribution is -2.02. The van der Waals surface area contributed by atoms with Crippen LogP contribution in [0.4, 0.5) is 0 Å². The first-order valence-corrected chi connectivity index (χ1v) is 6.99. The van der Waals surface area contributed by atoms with E-state index in [9.17, 15) is 5.21 Å². The van der Waals surface area contributed by atoms with E-state index >= 15 is 0 Å². The number of hydrogen-bond acceptors (Lipinski definition) is 3. The van der Waals surface area contributed by atoms with E-state index in [0.717, 1.165) is 18.5 Å².